The molecule has 0 spiro atoms. The number of hydrogen-bond donors (Lipinski definition) is 0. The average molecular weight is 764 g/mol. The van der Waals surface area contributed by atoms with Gasteiger partial charge >= 0.3 is 0 Å². The Morgan fingerprint density at radius 2 is 1.00 bits per heavy atom. The van der Waals surface area contributed by atoms with Crippen molar-refractivity contribution in [2.45, 2.75) is 6.92 Å². The minimum absolute atomic E-state index is 0.721. The number of furan rings is 1. The molecule has 0 amide bonds. The van der Waals surface area contributed by atoms with Crippen LogP contribution in [0, 0.1) is 6.92 Å². The van der Waals surface area contributed by atoms with Crippen molar-refractivity contribution in [1.29, 1.82) is 0 Å². The standard InChI is InChI=1S/C53H34ClN3O/c1-33-12-10-17-37(30-33)55(49-20-11-19-42-39-18-8-9-21-50(39)58-53(42)49)38-23-27-46-44(32-38)52-41-25-28-47-51(40(41)24-29-48(52)57(46)36-15-6-3-7-16-36)43-31-34(54)22-26-45(43)56(47)35-13-4-2-5-14-35/h2-32H,1H3. The van der Waals surface area contributed by atoms with E-state index in [0.717, 1.165) is 82.9 Å². The Morgan fingerprint density at radius 3 is 1.69 bits per heavy atom. The Kier molecular flexibility index (Phi) is 7.16. The van der Waals surface area contributed by atoms with Crippen molar-refractivity contribution < 1.29 is 4.42 Å². The average Bonchev–Trinajstić information content (AvgIpc) is 3.92. The first-order valence-electron chi connectivity index (χ1n) is 19.6. The number of rotatable bonds is 5. The Hall–Kier alpha value is -7.27. The first-order chi connectivity index (χ1) is 28.6. The molecule has 3 aromatic heterocycles. The van der Waals surface area contributed by atoms with E-state index in [1.54, 1.807) is 0 Å². The summed E-state index contributed by atoms with van der Waals surface area (Å²) < 4.78 is 11.4. The summed E-state index contributed by atoms with van der Waals surface area (Å²) in [4.78, 5) is 2.35. The van der Waals surface area contributed by atoms with Gasteiger partial charge in [-0.3, -0.25) is 0 Å². The number of aromatic nitrogens is 2. The Morgan fingerprint density at radius 1 is 0.431 bits per heavy atom. The molecule has 12 aromatic rings. The van der Waals surface area contributed by atoms with Crippen molar-refractivity contribution in [2.24, 2.45) is 0 Å². The Labute approximate surface area is 338 Å². The van der Waals surface area contributed by atoms with Crippen LogP contribution in [0.4, 0.5) is 17.1 Å². The van der Waals surface area contributed by atoms with Crippen LogP contribution in [0.15, 0.2) is 192 Å². The zero-order valence-electron chi connectivity index (χ0n) is 31.5. The van der Waals surface area contributed by atoms with Gasteiger partial charge in [0, 0.05) is 60.1 Å². The minimum atomic E-state index is 0.721. The molecule has 274 valence electrons. The normalized spacial score (nSPS) is 12.0. The highest BCUT2D eigenvalue weighted by Crippen LogP contribution is 2.47. The third-order valence-electron chi connectivity index (χ3n) is 11.8. The first kappa shape index (κ1) is 32.9. The number of para-hydroxylation sites is 4. The smallest absolute Gasteiger partial charge is 0.159 e. The highest BCUT2D eigenvalue weighted by Gasteiger charge is 2.23. The minimum Gasteiger partial charge on any atom is -0.454 e. The highest BCUT2D eigenvalue weighted by molar-refractivity contribution is 6.34. The number of benzene rings is 9. The van der Waals surface area contributed by atoms with E-state index in [9.17, 15) is 0 Å². The van der Waals surface area contributed by atoms with E-state index in [0.29, 0.717) is 0 Å². The second-order valence-corrected chi connectivity index (χ2v) is 15.6. The van der Waals surface area contributed by atoms with Gasteiger partial charge in [0.15, 0.2) is 5.58 Å². The third-order valence-corrected chi connectivity index (χ3v) is 12.0. The van der Waals surface area contributed by atoms with E-state index in [2.05, 4.69) is 191 Å². The molecule has 0 bridgehead atoms. The molecule has 0 saturated carbocycles. The predicted molar refractivity (Wildman–Crippen MR) is 244 cm³/mol. The molecule has 0 radical (unpaired) electrons. The summed E-state index contributed by atoms with van der Waals surface area (Å²) in [5, 5.41) is 9.99. The summed E-state index contributed by atoms with van der Waals surface area (Å²) in [7, 11) is 0. The molecule has 0 unspecified atom stereocenters. The monoisotopic (exact) mass is 763 g/mol. The molecule has 0 aliphatic heterocycles. The summed E-state index contributed by atoms with van der Waals surface area (Å²) in [6, 6.07) is 67.1. The molecule has 3 heterocycles. The summed E-state index contributed by atoms with van der Waals surface area (Å²) >= 11 is 6.76. The molecule has 58 heavy (non-hydrogen) atoms. The van der Waals surface area contributed by atoms with E-state index >= 15 is 0 Å². The summed E-state index contributed by atoms with van der Waals surface area (Å²) in [5.41, 5.74) is 12.8. The van der Waals surface area contributed by atoms with Crippen LogP contribution in [-0.4, -0.2) is 9.13 Å². The maximum absolute atomic E-state index is 6.76. The van der Waals surface area contributed by atoms with E-state index in [4.69, 9.17) is 16.0 Å². The molecule has 0 saturated heterocycles. The van der Waals surface area contributed by atoms with Gasteiger partial charge in [-0.1, -0.05) is 103 Å². The van der Waals surface area contributed by atoms with E-state index < -0.39 is 0 Å². The maximum atomic E-state index is 6.76. The lowest BCUT2D eigenvalue weighted by atomic mass is 9.99. The number of hydrogen-bond acceptors (Lipinski definition) is 2. The number of nitrogens with zero attached hydrogens (tertiary/aromatic N) is 3. The zero-order valence-corrected chi connectivity index (χ0v) is 32.3. The molecule has 0 N–H and O–H groups in total. The zero-order chi connectivity index (χ0) is 38.5. The van der Waals surface area contributed by atoms with Crippen molar-refractivity contribution >= 4 is 105 Å². The van der Waals surface area contributed by atoms with Gasteiger partial charge in [0.1, 0.15) is 5.58 Å². The van der Waals surface area contributed by atoms with Crippen molar-refractivity contribution in [3.8, 4) is 11.4 Å². The van der Waals surface area contributed by atoms with Crippen LogP contribution in [-0.2, 0) is 0 Å². The van der Waals surface area contributed by atoms with Gasteiger partial charge in [-0.2, -0.15) is 0 Å². The summed E-state index contributed by atoms with van der Waals surface area (Å²) in [5.74, 6) is 0. The lowest BCUT2D eigenvalue weighted by Crippen LogP contribution is -2.10. The second-order valence-electron chi connectivity index (χ2n) is 15.1. The van der Waals surface area contributed by atoms with Crippen LogP contribution in [0.25, 0.3) is 87.7 Å². The van der Waals surface area contributed by atoms with Crippen LogP contribution in [0.2, 0.25) is 5.02 Å². The van der Waals surface area contributed by atoms with Gasteiger partial charge in [0.25, 0.3) is 0 Å². The van der Waals surface area contributed by atoms with Crippen LogP contribution < -0.4 is 4.90 Å². The Balaban J connectivity index is 1.19. The van der Waals surface area contributed by atoms with Gasteiger partial charge in [-0.15, -0.1) is 0 Å². The number of fused-ring (bicyclic) bond motifs is 12. The fourth-order valence-corrected chi connectivity index (χ4v) is 9.53. The van der Waals surface area contributed by atoms with Crippen molar-refractivity contribution in [1.82, 2.24) is 9.13 Å². The van der Waals surface area contributed by atoms with Gasteiger partial charge in [0.05, 0.1) is 27.8 Å². The number of halogens is 1. The highest BCUT2D eigenvalue weighted by atomic mass is 35.5. The van der Waals surface area contributed by atoms with Crippen molar-refractivity contribution in [3.63, 3.8) is 0 Å². The van der Waals surface area contributed by atoms with Crippen LogP contribution in [0.3, 0.4) is 0 Å². The fourth-order valence-electron chi connectivity index (χ4n) is 9.36. The van der Waals surface area contributed by atoms with Gasteiger partial charge in [-0.05, 0) is 120 Å². The molecule has 12 rings (SSSR count). The Bertz CT molecular complexity index is 3600. The number of anilines is 3. The molecule has 0 atom stereocenters. The fraction of sp³-hybridized carbons (Fsp3) is 0.0189. The van der Waals surface area contributed by atoms with Gasteiger partial charge in [-0.25, -0.2) is 0 Å². The summed E-state index contributed by atoms with van der Waals surface area (Å²) in [6.07, 6.45) is 0. The molecule has 0 aliphatic carbocycles. The first-order valence-corrected chi connectivity index (χ1v) is 20.0. The van der Waals surface area contributed by atoms with Crippen molar-refractivity contribution in [2.75, 3.05) is 4.90 Å². The molecular formula is C53H34ClN3O. The van der Waals surface area contributed by atoms with Crippen LogP contribution >= 0.6 is 11.6 Å². The van der Waals surface area contributed by atoms with Gasteiger partial charge in [0.2, 0.25) is 0 Å². The van der Waals surface area contributed by atoms with Crippen LogP contribution in [0.5, 0.6) is 0 Å². The maximum Gasteiger partial charge on any atom is 0.159 e. The van der Waals surface area contributed by atoms with E-state index in [-0.39, 0.29) is 0 Å². The quantitative estimate of drug-likeness (QED) is 0.174. The largest absolute Gasteiger partial charge is 0.454 e. The number of aryl methyl sites for hydroxylation is 1. The van der Waals surface area contributed by atoms with Crippen LogP contribution in [0.1, 0.15) is 5.56 Å². The SMILES string of the molecule is Cc1cccc(N(c2ccc3c(c2)c2c4ccc5c(c4ccc2n3-c2ccccc2)c2cc(Cl)ccc2n5-c2ccccc2)c2cccc3c2oc2ccccc23)c1. The lowest BCUT2D eigenvalue weighted by Gasteiger charge is -2.26. The van der Waals surface area contributed by atoms with E-state index in [1.165, 1.54) is 32.5 Å². The van der Waals surface area contributed by atoms with E-state index in [1.807, 2.05) is 18.2 Å². The molecule has 5 heteroatoms. The van der Waals surface area contributed by atoms with Crippen molar-refractivity contribution in [3.05, 3.63) is 199 Å². The van der Waals surface area contributed by atoms with Gasteiger partial charge < -0.3 is 18.5 Å². The topological polar surface area (TPSA) is 26.2 Å². The second kappa shape index (κ2) is 12.6. The molecule has 0 aliphatic rings. The molecular weight excluding hydrogens is 730 g/mol. The lowest BCUT2D eigenvalue weighted by molar-refractivity contribution is 0.669. The third kappa shape index (κ3) is 4.82. The molecule has 0 fully saturated rings. The predicted octanol–water partition coefficient (Wildman–Crippen LogP) is 15.4. The molecule has 4 nitrogen and oxygen atoms in total. The molecule has 9 aromatic carbocycles. The summed E-state index contributed by atoms with van der Waals surface area (Å²) in [6.45, 7) is 2.15.